The molecule has 0 radical (unpaired) electrons. The minimum absolute atomic E-state index is 0.131. The Balaban J connectivity index is 2.27. The van der Waals surface area contributed by atoms with Crippen LogP contribution in [0, 0.1) is 0 Å². The molecular formula is C13H12ClNO. The number of phenolic OH excluding ortho intramolecular Hbond substituents is 1. The SMILES string of the molecule is Nc1c(O)cccc1Cc1ccc(Cl)cc1. The lowest BCUT2D eigenvalue weighted by molar-refractivity contribution is 0.477. The van der Waals surface area contributed by atoms with E-state index in [1.165, 1.54) is 0 Å². The molecule has 0 aromatic heterocycles. The van der Waals surface area contributed by atoms with Crippen molar-refractivity contribution in [3.05, 3.63) is 58.6 Å². The number of phenols is 1. The van der Waals surface area contributed by atoms with E-state index >= 15 is 0 Å². The van der Waals surface area contributed by atoms with Crippen LogP contribution in [-0.4, -0.2) is 5.11 Å². The molecule has 3 heteroatoms. The molecule has 0 amide bonds. The van der Waals surface area contributed by atoms with E-state index in [2.05, 4.69) is 0 Å². The van der Waals surface area contributed by atoms with Crippen molar-refractivity contribution >= 4 is 17.3 Å². The van der Waals surface area contributed by atoms with Crippen LogP contribution < -0.4 is 5.73 Å². The third-order valence-corrected chi connectivity index (χ3v) is 2.73. The molecule has 3 N–H and O–H groups in total. The van der Waals surface area contributed by atoms with E-state index in [0.717, 1.165) is 11.1 Å². The highest BCUT2D eigenvalue weighted by Gasteiger charge is 2.04. The Morgan fingerprint density at radius 3 is 2.44 bits per heavy atom. The van der Waals surface area contributed by atoms with E-state index in [1.807, 2.05) is 30.3 Å². The van der Waals surface area contributed by atoms with Crippen molar-refractivity contribution in [3.63, 3.8) is 0 Å². The molecule has 0 spiro atoms. The quantitative estimate of drug-likeness (QED) is 0.618. The molecule has 2 rings (SSSR count). The zero-order valence-electron chi connectivity index (χ0n) is 8.65. The van der Waals surface area contributed by atoms with Crippen LogP contribution in [0.4, 0.5) is 5.69 Å². The summed E-state index contributed by atoms with van der Waals surface area (Å²) in [6, 6.07) is 12.9. The molecule has 16 heavy (non-hydrogen) atoms. The van der Waals surface area contributed by atoms with Crippen LogP contribution in [0.5, 0.6) is 5.75 Å². The van der Waals surface area contributed by atoms with Gasteiger partial charge in [0.15, 0.2) is 0 Å². The number of nitrogens with two attached hydrogens (primary N) is 1. The van der Waals surface area contributed by atoms with Crippen LogP contribution in [0.2, 0.25) is 5.02 Å². The van der Waals surface area contributed by atoms with Crippen molar-refractivity contribution in [2.45, 2.75) is 6.42 Å². The predicted octanol–water partition coefficient (Wildman–Crippen LogP) is 3.22. The highest BCUT2D eigenvalue weighted by atomic mass is 35.5. The molecule has 2 aromatic carbocycles. The van der Waals surface area contributed by atoms with Gasteiger partial charge in [-0.2, -0.15) is 0 Å². The van der Waals surface area contributed by atoms with Gasteiger partial charge < -0.3 is 10.8 Å². The summed E-state index contributed by atoms with van der Waals surface area (Å²) in [5.41, 5.74) is 8.26. The first-order chi connectivity index (χ1) is 7.66. The van der Waals surface area contributed by atoms with Crippen LogP contribution in [0.25, 0.3) is 0 Å². The molecule has 2 nitrogen and oxygen atoms in total. The largest absolute Gasteiger partial charge is 0.506 e. The molecule has 82 valence electrons. The molecule has 0 aliphatic carbocycles. The number of anilines is 1. The fraction of sp³-hybridized carbons (Fsp3) is 0.0769. The number of aromatic hydroxyl groups is 1. The van der Waals surface area contributed by atoms with E-state index in [9.17, 15) is 5.11 Å². The van der Waals surface area contributed by atoms with Gasteiger partial charge >= 0.3 is 0 Å². The number of para-hydroxylation sites is 1. The van der Waals surface area contributed by atoms with Gasteiger partial charge in [-0.3, -0.25) is 0 Å². The maximum absolute atomic E-state index is 9.48. The van der Waals surface area contributed by atoms with E-state index in [4.69, 9.17) is 17.3 Å². The first-order valence-electron chi connectivity index (χ1n) is 4.97. The van der Waals surface area contributed by atoms with Crippen molar-refractivity contribution < 1.29 is 5.11 Å². The summed E-state index contributed by atoms with van der Waals surface area (Å²) in [4.78, 5) is 0. The van der Waals surface area contributed by atoms with Gasteiger partial charge in [-0.05, 0) is 35.7 Å². The fourth-order valence-corrected chi connectivity index (χ4v) is 1.70. The Hall–Kier alpha value is -1.67. The van der Waals surface area contributed by atoms with Crippen molar-refractivity contribution in [3.8, 4) is 5.75 Å². The first kappa shape index (κ1) is 10.8. The average molecular weight is 234 g/mol. The second-order valence-corrected chi connectivity index (χ2v) is 4.09. The van der Waals surface area contributed by atoms with Crippen LogP contribution >= 0.6 is 11.6 Å². The van der Waals surface area contributed by atoms with Crippen LogP contribution in [0.1, 0.15) is 11.1 Å². The fourth-order valence-electron chi connectivity index (χ4n) is 1.58. The highest BCUT2D eigenvalue weighted by molar-refractivity contribution is 6.30. The van der Waals surface area contributed by atoms with Gasteiger partial charge in [0.25, 0.3) is 0 Å². The maximum Gasteiger partial charge on any atom is 0.138 e. The van der Waals surface area contributed by atoms with Crippen molar-refractivity contribution in [1.29, 1.82) is 0 Å². The zero-order chi connectivity index (χ0) is 11.5. The van der Waals surface area contributed by atoms with Gasteiger partial charge in [0.1, 0.15) is 5.75 Å². The van der Waals surface area contributed by atoms with Crippen LogP contribution in [0.3, 0.4) is 0 Å². The minimum Gasteiger partial charge on any atom is -0.506 e. The lowest BCUT2D eigenvalue weighted by Crippen LogP contribution is -1.95. The second kappa shape index (κ2) is 4.45. The normalized spacial score (nSPS) is 10.3. The molecule has 0 saturated carbocycles. The molecule has 0 unspecified atom stereocenters. The Morgan fingerprint density at radius 2 is 1.75 bits per heavy atom. The van der Waals surface area contributed by atoms with Crippen molar-refractivity contribution in [2.75, 3.05) is 5.73 Å². The Morgan fingerprint density at radius 1 is 1.06 bits per heavy atom. The zero-order valence-corrected chi connectivity index (χ0v) is 9.41. The van der Waals surface area contributed by atoms with Crippen LogP contribution in [0.15, 0.2) is 42.5 Å². The van der Waals surface area contributed by atoms with Crippen molar-refractivity contribution in [2.24, 2.45) is 0 Å². The molecular weight excluding hydrogens is 222 g/mol. The standard InChI is InChI=1S/C13H12ClNO/c14-11-6-4-9(5-7-11)8-10-2-1-3-12(16)13(10)15/h1-7,16H,8,15H2. The number of halogens is 1. The lowest BCUT2D eigenvalue weighted by atomic mass is 10.0. The smallest absolute Gasteiger partial charge is 0.138 e. The van der Waals surface area contributed by atoms with E-state index in [0.29, 0.717) is 17.1 Å². The Labute approximate surface area is 99.3 Å². The summed E-state index contributed by atoms with van der Waals surface area (Å²) in [6.07, 6.45) is 0.692. The molecule has 0 heterocycles. The molecule has 0 saturated heterocycles. The molecule has 0 bridgehead atoms. The summed E-state index contributed by atoms with van der Waals surface area (Å²) in [6.45, 7) is 0. The molecule has 2 aromatic rings. The monoisotopic (exact) mass is 233 g/mol. The minimum atomic E-state index is 0.131. The number of hydrogen-bond donors (Lipinski definition) is 2. The van der Waals surface area contributed by atoms with E-state index in [1.54, 1.807) is 12.1 Å². The van der Waals surface area contributed by atoms with E-state index < -0.39 is 0 Å². The molecule has 0 aliphatic rings. The lowest BCUT2D eigenvalue weighted by Gasteiger charge is -2.07. The number of rotatable bonds is 2. The third kappa shape index (κ3) is 2.28. The number of hydrogen-bond acceptors (Lipinski definition) is 2. The van der Waals surface area contributed by atoms with Gasteiger partial charge in [-0.15, -0.1) is 0 Å². The molecule has 0 aliphatic heterocycles. The van der Waals surface area contributed by atoms with Gasteiger partial charge in [-0.1, -0.05) is 35.9 Å². The van der Waals surface area contributed by atoms with E-state index in [-0.39, 0.29) is 5.75 Å². The molecule has 0 fully saturated rings. The maximum atomic E-state index is 9.48. The third-order valence-electron chi connectivity index (χ3n) is 2.48. The molecule has 0 atom stereocenters. The Kier molecular flexibility index (Phi) is 3.02. The summed E-state index contributed by atoms with van der Waals surface area (Å²) in [5.74, 6) is 0.131. The number of nitrogen functional groups attached to an aromatic ring is 1. The first-order valence-corrected chi connectivity index (χ1v) is 5.35. The summed E-state index contributed by atoms with van der Waals surface area (Å²) >= 11 is 5.81. The van der Waals surface area contributed by atoms with Gasteiger partial charge in [-0.25, -0.2) is 0 Å². The predicted molar refractivity (Wildman–Crippen MR) is 66.8 cm³/mol. The van der Waals surface area contributed by atoms with Gasteiger partial charge in [0.05, 0.1) is 5.69 Å². The Bertz CT molecular complexity index is 494. The number of benzene rings is 2. The summed E-state index contributed by atoms with van der Waals surface area (Å²) < 4.78 is 0. The second-order valence-electron chi connectivity index (χ2n) is 3.65. The van der Waals surface area contributed by atoms with Crippen LogP contribution in [-0.2, 0) is 6.42 Å². The van der Waals surface area contributed by atoms with Crippen molar-refractivity contribution in [1.82, 2.24) is 0 Å². The van der Waals surface area contributed by atoms with Gasteiger partial charge in [0.2, 0.25) is 0 Å². The van der Waals surface area contributed by atoms with Gasteiger partial charge in [0, 0.05) is 5.02 Å². The highest BCUT2D eigenvalue weighted by Crippen LogP contribution is 2.25. The summed E-state index contributed by atoms with van der Waals surface area (Å²) in [5, 5.41) is 10.2. The average Bonchev–Trinajstić information content (AvgIpc) is 2.28. The summed E-state index contributed by atoms with van der Waals surface area (Å²) in [7, 11) is 0. The topological polar surface area (TPSA) is 46.2 Å².